The molecule has 0 N–H and O–H groups in total. The van der Waals surface area contributed by atoms with Gasteiger partial charge in [-0.2, -0.15) is 0 Å². The molecule has 1 saturated carbocycles. The first kappa shape index (κ1) is 17.7. The van der Waals surface area contributed by atoms with Gasteiger partial charge in [0.25, 0.3) is 11.8 Å². The minimum Gasteiger partial charge on any atom is -0.269 e. The van der Waals surface area contributed by atoms with Gasteiger partial charge in [-0.15, -0.1) is 0 Å². The van der Waals surface area contributed by atoms with Crippen LogP contribution in [0, 0.1) is 5.92 Å². The molecule has 3 nitrogen and oxygen atoms in total. The van der Waals surface area contributed by atoms with Crippen LogP contribution in [0.5, 0.6) is 0 Å². The third-order valence-corrected chi connectivity index (χ3v) is 5.71. The lowest BCUT2D eigenvalue weighted by atomic mass is 9.83. The molecule has 1 heterocycles. The fraction of sp³-hybridized carbons (Fsp3) is 0.333. The predicted molar refractivity (Wildman–Crippen MR) is 108 cm³/mol. The van der Waals surface area contributed by atoms with E-state index in [-0.39, 0.29) is 17.7 Å². The van der Waals surface area contributed by atoms with E-state index in [4.69, 9.17) is 0 Å². The summed E-state index contributed by atoms with van der Waals surface area (Å²) in [6, 6.07) is 19.0. The summed E-state index contributed by atoms with van der Waals surface area (Å²) in [4.78, 5) is 28.2. The summed E-state index contributed by atoms with van der Waals surface area (Å²) in [5.74, 6) is -0.143. The number of imide groups is 1. The van der Waals surface area contributed by atoms with Gasteiger partial charge < -0.3 is 0 Å². The standard InChI is InChI=1S/C24H25NO2/c26-23-21(18-12-6-2-1-3-7-13-18)22(19-14-8-4-9-15-19)24(27)25(23)20-16-10-5-11-17-20/h4-5,8-11,14-18H,1-3,6-7,12-13H2. The Hall–Kier alpha value is -2.68. The van der Waals surface area contributed by atoms with Crippen molar-refractivity contribution in [2.45, 2.75) is 44.9 Å². The van der Waals surface area contributed by atoms with Crippen LogP contribution in [0.4, 0.5) is 5.69 Å². The average molecular weight is 359 g/mol. The highest BCUT2D eigenvalue weighted by molar-refractivity contribution is 6.45. The molecule has 1 fully saturated rings. The van der Waals surface area contributed by atoms with Gasteiger partial charge in [0.05, 0.1) is 11.3 Å². The van der Waals surface area contributed by atoms with Crippen molar-refractivity contribution in [1.82, 2.24) is 0 Å². The maximum atomic E-state index is 13.4. The van der Waals surface area contributed by atoms with Crippen molar-refractivity contribution in [3.63, 3.8) is 0 Å². The summed E-state index contributed by atoms with van der Waals surface area (Å²) in [5.41, 5.74) is 2.85. The molecule has 0 atom stereocenters. The van der Waals surface area contributed by atoms with E-state index in [1.165, 1.54) is 24.2 Å². The quantitative estimate of drug-likeness (QED) is 0.691. The summed E-state index contributed by atoms with van der Waals surface area (Å²) >= 11 is 0. The second kappa shape index (κ2) is 7.91. The monoisotopic (exact) mass is 359 g/mol. The Balaban J connectivity index is 1.79. The Morgan fingerprint density at radius 3 is 1.85 bits per heavy atom. The lowest BCUT2D eigenvalue weighted by molar-refractivity contribution is -0.120. The Bertz CT molecular complexity index is 846. The zero-order valence-electron chi connectivity index (χ0n) is 15.6. The number of nitrogens with zero attached hydrogens (tertiary/aromatic N) is 1. The molecule has 0 unspecified atom stereocenters. The maximum Gasteiger partial charge on any atom is 0.266 e. The third-order valence-electron chi connectivity index (χ3n) is 5.71. The molecule has 0 radical (unpaired) electrons. The molecule has 1 aliphatic carbocycles. The lowest BCUT2D eigenvalue weighted by Gasteiger charge is -2.21. The van der Waals surface area contributed by atoms with Crippen LogP contribution in [0.3, 0.4) is 0 Å². The number of hydrogen-bond acceptors (Lipinski definition) is 2. The normalized spacial score (nSPS) is 19.3. The van der Waals surface area contributed by atoms with Gasteiger partial charge in [-0.3, -0.25) is 9.59 Å². The van der Waals surface area contributed by atoms with Gasteiger partial charge in [-0.05, 0) is 36.5 Å². The van der Waals surface area contributed by atoms with Crippen LogP contribution in [-0.4, -0.2) is 11.8 Å². The minimum atomic E-state index is -0.186. The largest absolute Gasteiger partial charge is 0.269 e. The van der Waals surface area contributed by atoms with Crippen LogP contribution in [0.25, 0.3) is 5.57 Å². The maximum absolute atomic E-state index is 13.4. The van der Waals surface area contributed by atoms with Gasteiger partial charge in [0.15, 0.2) is 0 Å². The minimum absolute atomic E-state index is 0.129. The van der Waals surface area contributed by atoms with Crippen LogP contribution < -0.4 is 4.90 Å². The van der Waals surface area contributed by atoms with Crippen LogP contribution in [0.15, 0.2) is 66.2 Å². The smallest absolute Gasteiger partial charge is 0.266 e. The van der Waals surface area contributed by atoms with E-state index in [2.05, 4.69) is 0 Å². The predicted octanol–water partition coefficient (Wildman–Crippen LogP) is 5.37. The molecule has 4 rings (SSSR count). The van der Waals surface area contributed by atoms with Gasteiger partial charge in [0.1, 0.15) is 0 Å². The van der Waals surface area contributed by atoms with Crippen molar-refractivity contribution in [2.24, 2.45) is 5.92 Å². The molecular weight excluding hydrogens is 334 g/mol. The van der Waals surface area contributed by atoms with Gasteiger partial charge in [-0.1, -0.05) is 80.6 Å². The summed E-state index contributed by atoms with van der Waals surface area (Å²) in [7, 11) is 0. The number of carbonyl (C=O) groups is 2. The number of anilines is 1. The molecule has 0 aromatic heterocycles. The van der Waals surface area contributed by atoms with E-state index in [9.17, 15) is 9.59 Å². The van der Waals surface area contributed by atoms with Crippen LogP contribution in [-0.2, 0) is 9.59 Å². The molecule has 2 aromatic rings. The topological polar surface area (TPSA) is 37.4 Å². The Morgan fingerprint density at radius 2 is 1.22 bits per heavy atom. The first-order chi connectivity index (χ1) is 13.3. The number of amides is 2. The van der Waals surface area contributed by atoms with Crippen molar-refractivity contribution < 1.29 is 9.59 Å². The van der Waals surface area contributed by atoms with Crippen LogP contribution in [0.2, 0.25) is 0 Å². The summed E-state index contributed by atoms with van der Waals surface area (Å²) in [6.07, 6.45) is 7.96. The number of hydrogen-bond donors (Lipinski definition) is 0. The first-order valence-electron chi connectivity index (χ1n) is 10.0. The Morgan fingerprint density at radius 1 is 0.667 bits per heavy atom. The molecule has 2 amide bonds. The second-order valence-electron chi connectivity index (χ2n) is 7.48. The van der Waals surface area contributed by atoms with Crippen molar-refractivity contribution in [3.05, 3.63) is 71.8 Å². The highest BCUT2D eigenvalue weighted by Crippen LogP contribution is 2.40. The highest BCUT2D eigenvalue weighted by atomic mass is 16.2. The highest BCUT2D eigenvalue weighted by Gasteiger charge is 2.42. The molecular formula is C24H25NO2. The van der Waals surface area contributed by atoms with E-state index in [0.717, 1.165) is 36.8 Å². The summed E-state index contributed by atoms with van der Waals surface area (Å²) in [6.45, 7) is 0. The molecule has 138 valence electrons. The van der Waals surface area contributed by atoms with E-state index in [1.54, 1.807) is 0 Å². The number of benzene rings is 2. The second-order valence-corrected chi connectivity index (χ2v) is 7.48. The van der Waals surface area contributed by atoms with Gasteiger partial charge in [0, 0.05) is 5.57 Å². The SMILES string of the molecule is O=C1C(c2ccccc2)=C(C2CCCCCCC2)C(=O)N1c1ccccc1. The first-order valence-corrected chi connectivity index (χ1v) is 10.0. The van der Waals surface area contributed by atoms with Crippen molar-refractivity contribution in [3.8, 4) is 0 Å². The van der Waals surface area contributed by atoms with Crippen LogP contribution in [0.1, 0.15) is 50.5 Å². The molecule has 2 aliphatic rings. The van der Waals surface area contributed by atoms with E-state index in [0.29, 0.717) is 11.3 Å². The fourth-order valence-electron chi connectivity index (χ4n) is 4.37. The zero-order valence-corrected chi connectivity index (χ0v) is 15.6. The van der Waals surface area contributed by atoms with E-state index < -0.39 is 0 Å². The van der Waals surface area contributed by atoms with E-state index in [1.807, 2.05) is 60.7 Å². The molecule has 2 aromatic carbocycles. The number of rotatable bonds is 3. The van der Waals surface area contributed by atoms with Gasteiger partial charge >= 0.3 is 0 Å². The van der Waals surface area contributed by atoms with Crippen LogP contribution >= 0.6 is 0 Å². The zero-order chi connectivity index (χ0) is 18.6. The van der Waals surface area contributed by atoms with Gasteiger partial charge in [0.2, 0.25) is 0 Å². The summed E-state index contributed by atoms with van der Waals surface area (Å²) < 4.78 is 0. The lowest BCUT2D eigenvalue weighted by Crippen LogP contribution is -2.32. The van der Waals surface area contributed by atoms with Crippen molar-refractivity contribution in [1.29, 1.82) is 0 Å². The van der Waals surface area contributed by atoms with Gasteiger partial charge in [-0.25, -0.2) is 4.90 Å². The Labute approximate surface area is 160 Å². The van der Waals surface area contributed by atoms with Crippen molar-refractivity contribution in [2.75, 3.05) is 4.90 Å². The molecule has 1 aliphatic heterocycles. The molecule has 3 heteroatoms. The Kier molecular flexibility index (Phi) is 5.19. The molecule has 27 heavy (non-hydrogen) atoms. The number of carbonyl (C=O) groups excluding carboxylic acids is 2. The number of para-hydroxylation sites is 1. The molecule has 0 spiro atoms. The van der Waals surface area contributed by atoms with E-state index >= 15 is 0 Å². The fourth-order valence-corrected chi connectivity index (χ4v) is 4.37. The summed E-state index contributed by atoms with van der Waals surface area (Å²) in [5, 5.41) is 0. The average Bonchev–Trinajstić information content (AvgIpc) is 2.93. The third kappa shape index (κ3) is 3.46. The molecule has 0 bridgehead atoms. The van der Waals surface area contributed by atoms with Crippen molar-refractivity contribution >= 4 is 23.1 Å². The molecule has 0 saturated heterocycles.